The standard InChI is InChI=1S/C4H11NO3.H2O/c5-3-1-2-4(6,7)8;/h6-8H,1-3,5H2;1H2. The number of aliphatic hydroxyl groups is 3. The molecule has 0 amide bonds. The third kappa shape index (κ3) is 11.4. The van der Waals surface area contributed by atoms with Gasteiger partial charge in [0.25, 0.3) is 5.97 Å². The van der Waals surface area contributed by atoms with E-state index in [-0.39, 0.29) is 11.9 Å². The first-order chi connectivity index (χ1) is 3.56. The molecule has 0 aliphatic carbocycles. The molecule has 9 heavy (non-hydrogen) atoms. The van der Waals surface area contributed by atoms with Crippen LogP contribution >= 0.6 is 0 Å². The summed E-state index contributed by atoms with van der Waals surface area (Å²) in [6.07, 6.45) is 0.312. The van der Waals surface area contributed by atoms with Gasteiger partial charge in [-0.3, -0.25) is 0 Å². The molecule has 0 aromatic carbocycles. The maximum atomic E-state index is 8.20. The second-order valence-corrected chi connectivity index (χ2v) is 1.67. The monoisotopic (exact) mass is 139 g/mol. The molecule has 0 fully saturated rings. The fourth-order valence-electron chi connectivity index (χ4n) is 0.339. The summed E-state index contributed by atoms with van der Waals surface area (Å²) in [5.74, 6) is -2.53. The molecule has 0 saturated carbocycles. The molecule has 58 valence electrons. The average Bonchev–Trinajstić information content (AvgIpc) is 1.59. The van der Waals surface area contributed by atoms with Crippen molar-refractivity contribution in [2.45, 2.75) is 18.8 Å². The van der Waals surface area contributed by atoms with Crippen LogP contribution in [0.15, 0.2) is 0 Å². The predicted octanol–water partition coefficient (Wildman–Crippen LogP) is -2.47. The van der Waals surface area contributed by atoms with Crippen LogP contribution < -0.4 is 5.73 Å². The van der Waals surface area contributed by atoms with Crippen molar-refractivity contribution >= 4 is 0 Å². The molecular weight excluding hydrogens is 126 g/mol. The first kappa shape index (κ1) is 11.6. The zero-order valence-corrected chi connectivity index (χ0v) is 5.04. The second-order valence-electron chi connectivity index (χ2n) is 1.67. The number of rotatable bonds is 3. The molecular formula is C4H13NO4. The van der Waals surface area contributed by atoms with Crippen LogP contribution in [0.4, 0.5) is 0 Å². The Morgan fingerprint density at radius 2 is 1.67 bits per heavy atom. The molecule has 0 saturated heterocycles. The smallest absolute Gasteiger partial charge is 0.275 e. The molecule has 0 aromatic rings. The van der Waals surface area contributed by atoms with Crippen LogP contribution in [-0.4, -0.2) is 33.3 Å². The third-order valence-corrected chi connectivity index (χ3v) is 0.716. The van der Waals surface area contributed by atoms with Gasteiger partial charge < -0.3 is 26.5 Å². The van der Waals surface area contributed by atoms with E-state index >= 15 is 0 Å². The lowest BCUT2D eigenvalue weighted by atomic mass is 10.3. The molecule has 0 aliphatic heterocycles. The van der Waals surface area contributed by atoms with E-state index in [9.17, 15) is 0 Å². The van der Waals surface area contributed by atoms with Gasteiger partial charge in [-0.2, -0.15) is 0 Å². The van der Waals surface area contributed by atoms with Gasteiger partial charge in [0.2, 0.25) is 0 Å². The van der Waals surface area contributed by atoms with E-state index in [0.29, 0.717) is 13.0 Å². The highest BCUT2D eigenvalue weighted by molar-refractivity contribution is 4.47. The lowest BCUT2D eigenvalue weighted by molar-refractivity contribution is -0.314. The van der Waals surface area contributed by atoms with Crippen molar-refractivity contribution in [3.63, 3.8) is 0 Å². The van der Waals surface area contributed by atoms with E-state index in [1.54, 1.807) is 0 Å². The molecule has 0 aromatic heterocycles. The predicted molar refractivity (Wildman–Crippen MR) is 31.3 cm³/mol. The van der Waals surface area contributed by atoms with Crippen molar-refractivity contribution in [2.24, 2.45) is 5.73 Å². The van der Waals surface area contributed by atoms with Crippen molar-refractivity contribution in [1.29, 1.82) is 0 Å². The Morgan fingerprint density at radius 1 is 1.22 bits per heavy atom. The lowest BCUT2D eigenvalue weighted by Crippen LogP contribution is -2.27. The molecule has 5 nitrogen and oxygen atoms in total. The van der Waals surface area contributed by atoms with E-state index in [1.165, 1.54) is 0 Å². The third-order valence-electron chi connectivity index (χ3n) is 0.716. The van der Waals surface area contributed by atoms with Crippen molar-refractivity contribution in [1.82, 2.24) is 0 Å². The topological polar surface area (TPSA) is 118 Å². The summed E-state index contributed by atoms with van der Waals surface area (Å²) >= 11 is 0. The van der Waals surface area contributed by atoms with Crippen LogP contribution in [0.3, 0.4) is 0 Å². The Balaban J connectivity index is 0. The fraction of sp³-hybridized carbons (Fsp3) is 1.00. The molecule has 0 aliphatic rings. The molecule has 0 rings (SSSR count). The van der Waals surface area contributed by atoms with E-state index in [4.69, 9.17) is 21.1 Å². The summed E-state index contributed by atoms with van der Waals surface area (Å²) in [4.78, 5) is 0. The van der Waals surface area contributed by atoms with Gasteiger partial charge in [0.1, 0.15) is 0 Å². The minimum atomic E-state index is -2.53. The van der Waals surface area contributed by atoms with Crippen LogP contribution in [0, 0.1) is 0 Å². The summed E-state index contributed by atoms with van der Waals surface area (Å²) < 4.78 is 0. The molecule has 0 atom stereocenters. The fourth-order valence-corrected chi connectivity index (χ4v) is 0.339. The summed E-state index contributed by atoms with van der Waals surface area (Å²) in [7, 11) is 0. The Bertz CT molecular complexity index is 60.1. The normalized spacial score (nSPS) is 10.7. The van der Waals surface area contributed by atoms with Crippen LogP contribution in [0.25, 0.3) is 0 Å². The van der Waals surface area contributed by atoms with Gasteiger partial charge in [-0.25, -0.2) is 0 Å². The SMILES string of the molecule is NCCCC(O)(O)O.O. The van der Waals surface area contributed by atoms with Gasteiger partial charge >= 0.3 is 0 Å². The van der Waals surface area contributed by atoms with E-state index in [2.05, 4.69) is 0 Å². The summed E-state index contributed by atoms with van der Waals surface area (Å²) in [6, 6.07) is 0. The van der Waals surface area contributed by atoms with Gasteiger partial charge in [-0.1, -0.05) is 0 Å². The molecule has 0 heterocycles. The number of nitrogens with two attached hydrogens (primary N) is 1. The summed E-state index contributed by atoms with van der Waals surface area (Å²) in [5, 5.41) is 24.6. The molecule has 7 N–H and O–H groups in total. The Kier molecular flexibility index (Phi) is 5.99. The number of hydrogen-bond acceptors (Lipinski definition) is 4. The molecule has 0 radical (unpaired) electrons. The highest BCUT2D eigenvalue weighted by Gasteiger charge is 2.15. The van der Waals surface area contributed by atoms with E-state index in [1.807, 2.05) is 0 Å². The minimum Gasteiger partial charge on any atom is -0.412 e. The van der Waals surface area contributed by atoms with Crippen LogP contribution in [0.1, 0.15) is 12.8 Å². The number of hydrogen-bond donors (Lipinski definition) is 4. The maximum Gasteiger partial charge on any atom is 0.275 e. The van der Waals surface area contributed by atoms with E-state index < -0.39 is 5.97 Å². The zero-order valence-electron chi connectivity index (χ0n) is 5.04. The van der Waals surface area contributed by atoms with Gasteiger partial charge in [0.15, 0.2) is 0 Å². The van der Waals surface area contributed by atoms with Crippen LogP contribution in [-0.2, 0) is 0 Å². The van der Waals surface area contributed by atoms with Gasteiger partial charge in [0.05, 0.1) is 0 Å². The Morgan fingerprint density at radius 3 is 1.78 bits per heavy atom. The van der Waals surface area contributed by atoms with Gasteiger partial charge in [0, 0.05) is 6.42 Å². The second kappa shape index (κ2) is 4.66. The van der Waals surface area contributed by atoms with Crippen molar-refractivity contribution in [2.75, 3.05) is 6.54 Å². The Labute approximate surface area is 53.0 Å². The first-order valence-corrected chi connectivity index (χ1v) is 2.43. The molecule has 0 spiro atoms. The van der Waals surface area contributed by atoms with Gasteiger partial charge in [-0.15, -0.1) is 0 Å². The quantitative estimate of drug-likeness (QED) is 0.324. The van der Waals surface area contributed by atoms with Crippen LogP contribution in [0.5, 0.6) is 0 Å². The maximum absolute atomic E-state index is 8.20. The van der Waals surface area contributed by atoms with Crippen LogP contribution in [0.2, 0.25) is 0 Å². The summed E-state index contributed by atoms with van der Waals surface area (Å²) in [5.41, 5.74) is 5.00. The highest BCUT2D eigenvalue weighted by Crippen LogP contribution is 2.01. The van der Waals surface area contributed by atoms with Crippen molar-refractivity contribution < 1.29 is 20.8 Å². The summed E-state index contributed by atoms with van der Waals surface area (Å²) in [6.45, 7) is 0.351. The van der Waals surface area contributed by atoms with Crippen molar-refractivity contribution in [3.05, 3.63) is 0 Å². The van der Waals surface area contributed by atoms with Crippen molar-refractivity contribution in [3.8, 4) is 0 Å². The molecule has 0 unspecified atom stereocenters. The zero-order chi connectivity index (χ0) is 6.62. The molecule has 0 bridgehead atoms. The van der Waals surface area contributed by atoms with Gasteiger partial charge in [-0.05, 0) is 13.0 Å². The average molecular weight is 139 g/mol. The Hall–Kier alpha value is -0.200. The minimum absolute atomic E-state index is 0. The lowest BCUT2D eigenvalue weighted by Gasteiger charge is -2.11. The van der Waals surface area contributed by atoms with E-state index in [0.717, 1.165) is 0 Å². The highest BCUT2D eigenvalue weighted by atomic mass is 16.7. The molecule has 5 heteroatoms. The largest absolute Gasteiger partial charge is 0.412 e. The first-order valence-electron chi connectivity index (χ1n) is 2.43.